The van der Waals surface area contributed by atoms with E-state index in [4.69, 9.17) is 5.11 Å². The van der Waals surface area contributed by atoms with Gasteiger partial charge in [0.25, 0.3) is 5.56 Å². The molecule has 4 N–H and O–H groups in total. The topological polar surface area (TPSA) is 144 Å². The Morgan fingerprint density at radius 2 is 1.96 bits per heavy atom. The first-order chi connectivity index (χ1) is 11.4. The summed E-state index contributed by atoms with van der Waals surface area (Å²) in [7, 11) is 0. The van der Waals surface area contributed by atoms with Crippen molar-refractivity contribution in [1.29, 1.82) is 0 Å². The quantitative estimate of drug-likeness (QED) is 0.442. The van der Waals surface area contributed by atoms with Crippen molar-refractivity contribution in [3.63, 3.8) is 0 Å². The Kier molecular flexibility index (Phi) is 5.05. The Morgan fingerprint density at radius 1 is 1.25 bits per heavy atom. The van der Waals surface area contributed by atoms with E-state index in [2.05, 4.69) is 15.5 Å². The minimum Gasteiger partial charge on any atom is -0.478 e. The molecule has 0 saturated carbocycles. The monoisotopic (exact) mass is 330 g/mol. The molecule has 1 aromatic heterocycles. The number of aromatic carboxylic acids is 1. The highest BCUT2D eigenvalue weighted by molar-refractivity contribution is 5.98. The summed E-state index contributed by atoms with van der Waals surface area (Å²) in [5.74, 6) is -1.70. The number of hydrogen-bond acceptors (Lipinski definition) is 5. The Bertz CT molecular complexity index is 926. The maximum Gasteiger partial charge on any atom is 0.336 e. The molecule has 0 fully saturated rings. The van der Waals surface area contributed by atoms with Gasteiger partial charge in [0, 0.05) is 16.8 Å². The molecule has 124 valence electrons. The van der Waals surface area contributed by atoms with Crippen molar-refractivity contribution < 1.29 is 14.7 Å². The van der Waals surface area contributed by atoms with Gasteiger partial charge in [0.05, 0.1) is 18.2 Å². The fraction of sp³-hybridized carbons (Fsp3) is 0.133. The molecule has 0 spiro atoms. The van der Waals surface area contributed by atoms with Crippen LogP contribution in [0.1, 0.15) is 27.2 Å². The first-order valence-electron chi connectivity index (χ1n) is 6.85. The van der Waals surface area contributed by atoms with Crippen molar-refractivity contribution in [3.05, 3.63) is 67.5 Å². The van der Waals surface area contributed by atoms with Crippen LogP contribution in [0.15, 0.2) is 39.0 Å². The number of carboxylic acid groups (broad SMARTS) is 1. The third kappa shape index (κ3) is 4.03. The second kappa shape index (κ2) is 7.18. The summed E-state index contributed by atoms with van der Waals surface area (Å²) in [6, 6.07) is 6.16. The first kappa shape index (κ1) is 16.9. The van der Waals surface area contributed by atoms with Crippen molar-refractivity contribution in [3.8, 4) is 0 Å². The molecule has 1 amide bonds. The lowest BCUT2D eigenvalue weighted by Gasteiger charge is -2.03. The summed E-state index contributed by atoms with van der Waals surface area (Å²) in [6.45, 7) is 1.51. The summed E-state index contributed by atoms with van der Waals surface area (Å²) in [4.78, 5) is 50.0. The van der Waals surface area contributed by atoms with E-state index < -0.39 is 23.1 Å². The van der Waals surface area contributed by atoms with Gasteiger partial charge < -0.3 is 10.1 Å². The minimum atomic E-state index is -1.11. The second-order valence-electron chi connectivity index (χ2n) is 4.87. The Hall–Kier alpha value is -3.49. The molecule has 24 heavy (non-hydrogen) atoms. The molecule has 0 aliphatic heterocycles. The van der Waals surface area contributed by atoms with Gasteiger partial charge in [-0.2, -0.15) is 5.10 Å². The second-order valence-corrected chi connectivity index (χ2v) is 4.87. The van der Waals surface area contributed by atoms with Crippen molar-refractivity contribution in [2.45, 2.75) is 13.3 Å². The van der Waals surface area contributed by atoms with Crippen LogP contribution >= 0.6 is 0 Å². The fourth-order valence-electron chi connectivity index (χ4n) is 2.02. The fourth-order valence-corrected chi connectivity index (χ4v) is 2.02. The number of carbonyl (C=O) groups is 2. The lowest BCUT2D eigenvalue weighted by Crippen LogP contribution is -2.30. The van der Waals surface area contributed by atoms with Crippen LogP contribution in [0.3, 0.4) is 0 Å². The average molecular weight is 330 g/mol. The number of nitrogens with zero attached hydrogens (tertiary/aromatic N) is 1. The van der Waals surface area contributed by atoms with Crippen LogP contribution < -0.4 is 16.7 Å². The van der Waals surface area contributed by atoms with Gasteiger partial charge in [0.2, 0.25) is 5.91 Å². The molecular formula is C15H14N4O5. The summed E-state index contributed by atoms with van der Waals surface area (Å²) in [5, 5.41) is 12.7. The number of aromatic amines is 2. The number of hydrazone groups is 1. The smallest absolute Gasteiger partial charge is 0.336 e. The molecule has 2 aromatic rings. The number of carbonyl (C=O) groups excluding carboxylic acids is 1. The standard InChI is InChI=1S/C15H14N4O5/c1-8-11(13(21)18-15(24)17-8)6-12(20)19-16-7-9-4-2-3-5-10(9)14(22)23/h2-5,7H,6H2,1H3,(H,19,20)(H,22,23)(H2,17,18,21,24)/b16-7-. The molecule has 1 aromatic carbocycles. The van der Waals surface area contributed by atoms with E-state index in [1.54, 1.807) is 12.1 Å². The third-order valence-electron chi connectivity index (χ3n) is 3.18. The Morgan fingerprint density at radius 3 is 2.62 bits per heavy atom. The molecule has 9 nitrogen and oxygen atoms in total. The van der Waals surface area contributed by atoms with Crippen LogP contribution in [0.4, 0.5) is 0 Å². The summed E-state index contributed by atoms with van der Waals surface area (Å²) in [5.41, 5.74) is 1.69. The molecule has 0 aliphatic rings. The van der Waals surface area contributed by atoms with Gasteiger partial charge in [-0.25, -0.2) is 15.0 Å². The van der Waals surface area contributed by atoms with Gasteiger partial charge in [-0.1, -0.05) is 18.2 Å². The molecule has 0 radical (unpaired) electrons. The largest absolute Gasteiger partial charge is 0.478 e. The lowest BCUT2D eigenvalue weighted by atomic mass is 10.1. The van der Waals surface area contributed by atoms with Crippen LogP contribution in [0.2, 0.25) is 0 Å². The van der Waals surface area contributed by atoms with Gasteiger partial charge >= 0.3 is 11.7 Å². The molecule has 9 heteroatoms. The Labute approximate surface area is 135 Å². The number of aromatic nitrogens is 2. The van der Waals surface area contributed by atoms with E-state index in [9.17, 15) is 19.2 Å². The predicted octanol–water partition coefficient (Wildman–Crippen LogP) is -0.237. The van der Waals surface area contributed by atoms with Gasteiger partial charge in [0.15, 0.2) is 0 Å². The van der Waals surface area contributed by atoms with E-state index in [-0.39, 0.29) is 17.5 Å². The van der Waals surface area contributed by atoms with Crippen LogP contribution in [-0.2, 0) is 11.2 Å². The highest BCUT2D eigenvalue weighted by atomic mass is 16.4. The zero-order valence-corrected chi connectivity index (χ0v) is 12.6. The normalized spacial score (nSPS) is 10.7. The number of carboxylic acids is 1. The highest BCUT2D eigenvalue weighted by Gasteiger charge is 2.11. The van der Waals surface area contributed by atoms with Crippen molar-refractivity contribution in [2.24, 2.45) is 5.10 Å². The zero-order valence-electron chi connectivity index (χ0n) is 12.6. The van der Waals surface area contributed by atoms with Gasteiger partial charge in [-0.05, 0) is 13.0 Å². The third-order valence-corrected chi connectivity index (χ3v) is 3.18. The van der Waals surface area contributed by atoms with Gasteiger partial charge in [0.1, 0.15) is 0 Å². The molecule has 0 saturated heterocycles. The van der Waals surface area contributed by atoms with E-state index in [1.807, 2.05) is 4.98 Å². The van der Waals surface area contributed by atoms with Crippen molar-refractivity contribution >= 4 is 18.1 Å². The number of hydrogen-bond donors (Lipinski definition) is 4. The van der Waals surface area contributed by atoms with Crippen LogP contribution in [0.5, 0.6) is 0 Å². The van der Waals surface area contributed by atoms with Crippen LogP contribution in [0, 0.1) is 6.92 Å². The Balaban J connectivity index is 2.08. The van der Waals surface area contributed by atoms with Crippen molar-refractivity contribution in [2.75, 3.05) is 0 Å². The maximum absolute atomic E-state index is 11.8. The van der Waals surface area contributed by atoms with Crippen LogP contribution in [-0.4, -0.2) is 33.2 Å². The van der Waals surface area contributed by atoms with E-state index in [0.29, 0.717) is 11.3 Å². The minimum absolute atomic E-state index is 0.0448. The van der Waals surface area contributed by atoms with Gasteiger partial charge in [-0.15, -0.1) is 0 Å². The van der Waals surface area contributed by atoms with E-state index in [0.717, 1.165) is 0 Å². The maximum atomic E-state index is 11.8. The highest BCUT2D eigenvalue weighted by Crippen LogP contribution is 2.05. The number of nitrogens with one attached hydrogen (secondary N) is 3. The summed E-state index contributed by atoms with van der Waals surface area (Å²) < 4.78 is 0. The zero-order chi connectivity index (χ0) is 17.7. The molecule has 0 bridgehead atoms. The molecule has 0 aliphatic carbocycles. The molecule has 2 rings (SSSR count). The SMILES string of the molecule is Cc1[nH]c(=O)[nH]c(=O)c1CC(=O)N/N=C\c1ccccc1C(=O)O. The molecule has 0 unspecified atom stereocenters. The number of benzene rings is 1. The lowest BCUT2D eigenvalue weighted by molar-refractivity contribution is -0.120. The van der Waals surface area contributed by atoms with Crippen molar-refractivity contribution in [1.82, 2.24) is 15.4 Å². The molecule has 1 heterocycles. The number of H-pyrrole nitrogens is 2. The van der Waals surface area contributed by atoms with Gasteiger partial charge in [-0.3, -0.25) is 14.6 Å². The predicted molar refractivity (Wildman–Crippen MR) is 85.3 cm³/mol. The summed E-state index contributed by atoms with van der Waals surface area (Å²) in [6.07, 6.45) is 0.918. The number of amides is 1. The van der Waals surface area contributed by atoms with E-state index >= 15 is 0 Å². The van der Waals surface area contributed by atoms with Crippen LogP contribution in [0.25, 0.3) is 0 Å². The number of aryl methyl sites for hydroxylation is 1. The average Bonchev–Trinajstić information content (AvgIpc) is 2.51. The van der Waals surface area contributed by atoms with E-state index in [1.165, 1.54) is 25.3 Å². The first-order valence-corrected chi connectivity index (χ1v) is 6.85. The summed E-state index contributed by atoms with van der Waals surface area (Å²) >= 11 is 0. The molecule has 0 atom stereocenters. The molecular weight excluding hydrogens is 316 g/mol. The number of rotatable bonds is 5.